The Morgan fingerprint density at radius 2 is 1.88 bits per heavy atom. The van der Waals surface area contributed by atoms with Crippen molar-refractivity contribution in [3.05, 3.63) is 39.7 Å². The number of alkyl halides is 3. The third-order valence-electron chi connectivity index (χ3n) is 4.73. The van der Waals surface area contributed by atoms with E-state index in [0.717, 1.165) is 17.7 Å². The van der Waals surface area contributed by atoms with Gasteiger partial charge in [0.05, 0.1) is 11.1 Å². The minimum absolute atomic E-state index is 0.0491. The number of rotatable bonds is 1. The van der Waals surface area contributed by atoms with Crippen LogP contribution in [0.2, 0.25) is 0 Å². The second-order valence-electron chi connectivity index (χ2n) is 7.59. The van der Waals surface area contributed by atoms with Crippen LogP contribution in [0.1, 0.15) is 51.2 Å². The van der Waals surface area contributed by atoms with E-state index in [4.69, 9.17) is 0 Å². The molecule has 0 saturated heterocycles. The van der Waals surface area contributed by atoms with Crippen LogP contribution in [-0.2, 0) is 6.18 Å². The van der Waals surface area contributed by atoms with E-state index >= 15 is 0 Å². The minimum Gasteiger partial charge on any atom is -0.380 e. The Bertz CT molecular complexity index is 850. The van der Waals surface area contributed by atoms with Gasteiger partial charge in [0.15, 0.2) is 0 Å². The number of halogens is 3. The van der Waals surface area contributed by atoms with E-state index in [1.165, 1.54) is 0 Å². The molecule has 6 heteroatoms. The van der Waals surface area contributed by atoms with Gasteiger partial charge in [-0.1, -0.05) is 13.8 Å². The average Bonchev–Trinajstić information content (AvgIpc) is 2.41. The normalized spacial score (nSPS) is 20.1. The number of H-pyrrole nitrogens is 1. The van der Waals surface area contributed by atoms with Gasteiger partial charge in [-0.3, -0.25) is 4.79 Å². The molecular formula is C18H21F3N2O. The molecule has 0 radical (unpaired) electrons. The molecule has 1 aliphatic rings. The summed E-state index contributed by atoms with van der Waals surface area (Å²) in [7, 11) is 0. The Morgan fingerprint density at radius 3 is 2.46 bits per heavy atom. The number of aromatic amines is 1. The van der Waals surface area contributed by atoms with Crippen LogP contribution in [-0.4, -0.2) is 10.5 Å². The zero-order chi connectivity index (χ0) is 17.9. The molecule has 0 amide bonds. The highest BCUT2D eigenvalue weighted by Crippen LogP contribution is 2.45. The van der Waals surface area contributed by atoms with Gasteiger partial charge in [0.1, 0.15) is 0 Å². The zero-order valence-electron chi connectivity index (χ0n) is 14.1. The summed E-state index contributed by atoms with van der Waals surface area (Å²) in [6.45, 7) is 8.31. The van der Waals surface area contributed by atoms with Gasteiger partial charge in [0.2, 0.25) is 5.56 Å². The van der Waals surface area contributed by atoms with E-state index < -0.39 is 17.3 Å². The Balaban J connectivity index is 2.32. The molecule has 1 atom stereocenters. The van der Waals surface area contributed by atoms with E-state index in [0.29, 0.717) is 12.0 Å². The summed E-state index contributed by atoms with van der Waals surface area (Å²) in [6, 6.07) is 3.87. The first-order valence-electron chi connectivity index (χ1n) is 8.04. The molecule has 0 spiro atoms. The van der Waals surface area contributed by atoms with Crippen molar-refractivity contribution in [2.45, 2.75) is 51.7 Å². The van der Waals surface area contributed by atoms with Gasteiger partial charge >= 0.3 is 6.18 Å². The maximum Gasteiger partial charge on any atom is 0.417 e. The summed E-state index contributed by atoms with van der Waals surface area (Å²) in [5.41, 5.74) is 0.113. The molecule has 1 aromatic heterocycles. The van der Waals surface area contributed by atoms with Crippen LogP contribution in [0.5, 0.6) is 0 Å². The number of hydrogen-bond donors (Lipinski definition) is 2. The van der Waals surface area contributed by atoms with Crippen molar-refractivity contribution in [3.63, 3.8) is 0 Å². The summed E-state index contributed by atoms with van der Waals surface area (Å²) in [5.74, 6) is 0.466. The number of hydrogen-bond acceptors (Lipinski definition) is 2. The van der Waals surface area contributed by atoms with Gasteiger partial charge in [-0.25, -0.2) is 0 Å². The van der Waals surface area contributed by atoms with Crippen molar-refractivity contribution in [1.29, 1.82) is 0 Å². The van der Waals surface area contributed by atoms with Crippen molar-refractivity contribution in [1.82, 2.24) is 4.98 Å². The molecule has 1 unspecified atom stereocenters. The molecule has 1 aromatic carbocycles. The van der Waals surface area contributed by atoms with Gasteiger partial charge in [0, 0.05) is 22.7 Å². The number of nitrogens with one attached hydrogen (secondary N) is 2. The molecule has 130 valence electrons. The van der Waals surface area contributed by atoms with Crippen molar-refractivity contribution < 1.29 is 13.2 Å². The van der Waals surface area contributed by atoms with Crippen molar-refractivity contribution in [2.75, 3.05) is 5.32 Å². The third kappa shape index (κ3) is 2.89. The summed E-state index contributed by atoms with van der Waals surface area (Å²) in [6.07, 6.45) is -3.72. The average molecular weight is 338 g/mol. The Kier molecular flexibility index (Phi) is 3.70. The fourth-order valence-electron chi connectivity index (χ4n) is 3.64. The minimum atomic E-state index is -4.56. The van der Waals surface area contributed by atoms with E-state index in [1.807, 2.05) is 0 Å². The summed E-state index contributed by atoms with van der Waals surface area (Å²) >= 11 is 0. The molecule has 0 bridgehead atoms. The van der Waals surface area contributed by atoms with Crippen LogP contribution >= 0.6 is 0 Å². The van der Waals surface area contributed by atoms with Gasteiger partial charge in [-0.2, -0.15) is 13.2 Å². The lowest BCUT2D eigenvalue weighted by molar-refractivity contribution is -0.136. The largest absolute Gasteiger partial charge is 0.417 e. The second kappa shape index (κ2) is 5.26. The Morgan fingerprint density at radius 1 is 1.21 bits per heavy atom. The lowest BCUT2D eigenvalue weighted by Gasteiger charge is -2.40. The summed E-state index contributed by atoms with van der Waals surface area (Å²) < 4.78 is 40.0. The monoisotopic (exact) mass is 338 g/mol. The second-order valence-corrected chi connectivity index (χ2v) is 7.59. The molecule has 0 fully saturated rings. The van der Waals surface area contributed by atoms with E-state index in [-0.39, 0.29) is 22.4 Å². The fraction of sp³-hybridized carbons (Fsp3) is 0.500. The smallest absolute Gasteiger partial charge is 0.380 e. The van der Waals surface area contributed by atoms with Crippen LogP contribution in [0.25, 0.3) is 10.9 Å². The molecule has 2 aromatic rings. The molecule has 3 nitrogen and oxygen atoms in total. The van der Waals surface area contributed by atoms with Crippen LogP contribution in [0.15, 0.2) is 23.0 Å². The number of pyridine rings is 1. The molecule has 2 heterocycles. The summed E-state index contributed by atoms with van der Waals surface area (Å²) in [5, 5.41) is 3.44. The topological polar surface area (TPSA) is 44.9 Å². The molecule has 0 aliphatic carbocycles. The first-order valence-corrected chi connectivity index (χ1v) is 8.04. The number of anilines is 1. The van der Waals surface area contributed by atoms with Crippen molar-refractivity contribution >= 4 is 16.6 Å². The summed E-state index contributed by atoms with van der Waals surface area (Å²) in [4.78, 5) is 14.2. The molecule has 3 rings (SSSR count). The SMILES string of the molecule is CC(C)C1CC(C)(C)Nc2cc3[nH]c(=O)cc(C(F)(F)F)c3cc21. The third-order valence-corrected chi connectivity index (χ3v) is 4.73. The zero-order valence-corrected chi connectivity index (χ0v) is 14.1. The van der Waals surface area contributed by atoms with Crippen molar-refractivity contribution in [3.8, 4) is 0 Å². The van der Waals surface area contributed by atoms with Crippen LogP contribution in [0.4, 0.5) is 18.9 Å². The van der Waals surface area contributed by atoms with E-state index in [9.17, 15) is 18.0 Å². The number of benzene rings is 1. The lowest BCUT2D eigenvalue weighted by atomic mass is 9.75. The lowest BCUT2D eigenvalue weighted by Crippen LogP contribution is -2.38. The van der Waals surface area contributed by atoms with E-state index in [1.54, 1.807) is 12.1 Å². The molecular weight excluding hydrogens is 317 g/mol. The van der Waals surface area contributed by atoms with Gasteiger partial charge in [-0.15, -0.1) is 0 Å². The molecule has 2 N–H and O–H groups in total. The number of aromatic nitrogens is 1. The first kappa shape index (κ1) is 16.9. The Hall–Kier alpha value is -1.98. The predicted molar refractivity (Wildman–Crippen MR) is 89.5 cm³/mol. The number of fused-ring (bicyclic) bond motifs is 2. The highest BCUT2D eigenvalue weighted by molar-refractivity contribution is 5.88. The maximum atomic E-state index is 13.3. The van der Waals surface area contributed by atoms with Crippen molar-refractivity contribution in [2.24, 2.45) is 5.92 Å². The standard InChI is InChI=1S/C18H21F3N2O/c1-9(2)12-8-17(3,4)23-15-7-14-11(5-10(12)15)13(18(19,20)21)6-16(24)22-14/h5-7,9,12,23H,8H2,1-4H3,(H,22,24). The van der Waals surface area contributed by atoms with Crippen LogP contribution in [0, 0.1) is 5.92 Å². The highest BCUT2D eigenvalue weighted by atomic mass is 19.4. The molecule has 0 saturated carbocycles. The quantitative estimate of drug-likeness (QED) is 0.778. The van der Waals surface area contributed by atoms with Crippen LogP contribution < -0.4 is 10.9 Å². The maximum absolute atomic E-state index is 13.3. The van der Waals surface area contributed by atoms with Gasteiger partial charge in [0.25, 0.3) is 0 Å². The molecule has 1 aliphatic heterocycles. The highest BCUT2D eigenvalue weighted by Gasteiger charge is 2.36. The van der Waals surface area contributed by atoms with Gasteiger partial charge < -0.3 is 10.3 Å². The first-order chi connectivity index (χ1) is 11.0. The Labute approximate surface area is 138 Å². The van der Waals surface area contributed by atoms with Crippen LogP contribution in [0.3, 0.4) is 0 Å². The predicted octanol–water partition coefficient (Wildman–Crippen LogP) is 4.88. The van der Waals surface area contributed by atoms with Gasteiger partial charge in [-0.05, 0) is 49.8 Å². The van der Waals surface area contributed by atoms with E-state index in [2.05, 4.69) is 38.0 Å². The molecule has 24 heavy (non-hydrogen) atoms. The fourth-order valence-corrected chi connectivity index (χ4v) is 3.64.